The third-order valence-electron chi connectivity index (χ3n) is 5.14. The van der Waals surface area contributed by atoms with Crippen LogP contribution >= 0.6 is 0 Å². The van der Waals surface area contributed by atoms with Gasteiger partial charge in [0.2, 0.25) is 0 Å². The average molecular weight is 393 g/mol. The number of nitrogens with one attached hydrogen (secondary N) is 1. The lowest BCUT2D eigenvalue weighted by Gasteiger charge is -2.12. The van der Waals surface area contributed by atoms with Crippen molar-refractivity contribution < 1.29 is 14.3 Å². The first kappa shape index (κ1) is 20.6. The first-order valence-electron chi connectivity index (χ1n) is 9.77. The first-order chi connectivity index (χ1) is 13.9. The zero-order valence-electron chi connectivity index (χ0n) is 17.4. The van der Waals surface area contributed by atoms with E-state index in [0.717, 1.165) is 17.0 Å². The molecule has 1 aromatic carbocycles. The zero-order chi connectivity index (χ0) is 21.0. The van der Waals surface area contributed by atoms with Crippen molar-refractivity contribution in [3.05, 3.63) is 64.6 Å². The van der Waals surface area contributed by atoms with E-state index < -0.39 is 0 Å². The van der Waals surface area contributed by atoms with Crippen LogP contribution in [-0.4, -0.2) is 21.1 Å². The minimum Gasteiger partial charge on any atom is -0.459 e. The number of ether oxygens (including phenoxy) is 1. The van der Waals surface area contributed by atoms with Gasteiger partial charge in [-0.1, -0.05) is 18.2 Å². The second-order valence-electron chi connectivity index (χ2n) is 7.35. The molecule has 0 spiro atoms. The maximum Gasteiger partial charge on any atom is 0.306 e. The third kappa shape index (κ3) is 4.83. The van der Waals surface area contributed by atoms with Gasteiger partial charge in [0.25, 0.3) is 0 Å². The second-order valence-corrected chi connectivity index (χ2v) is 7.35. The normalized spacial score (nSPS) is 10.9. The molecule has 0 unspecified atom stereocenters. The minimum atomic E-state index is -0.384. The van der Waals surface area contributed by atoms with Gasteiger partial charge in [0.05, 0.1) is 17.8 Å². The molecule has 0 aliphatic heterocycles. The predicted molar refractivity (Wildman–Crippen MR) is 113 cm³/mol. The summed E-state index contributed by atoms with van der Waals surface area (Å²) in [6, 6.07) is 10.3. The largest absolute Gasteiger partial charge is 0.459 e. The molecule has 6 heteroatoms. The molecule has 0 amide bonds. The zero-order valence-corrected chi connectivity index (χ0v) is 17.4. The van der Waals surface area contributed by atoms with Crippen molar-refractivity contribution in [3.63, 3.8) is 0 Å². The molecule has 0 atom stereocenters. The number of nitrogens with zero attached hydrogens (tertiary/aromatic N) is 2. The summed E-state index contributed by atoms with van der Waals surface area (Å²) in [5.41, 5.74) is 7.14. The van der Waals surface area contributed by atoms with Crippen LogP contribution in [0.2, 0.25) is 0 Å². The number of rotatable bonds is 8. The van der Waals surface area contributed by atoms with Gasteiger partial charge in [-0.15, -0.1) is 0 Å². The van der Waals surface area contributed by atoms with E-state index in [1.165, 1.54) is 23.6 Å². The number of hydrogen-bond acceptors (Lipinski definition) is 5. The van der Waals surface area contributed by atoms with Crippen molar-refractivity contribution in [1.82, 2.24) is 9.38 Å². The molecule has 152 valence electrons. The number of benzene rings is 1. The van der Waals surface area contributed by atoms with Crippen molar-refractivity contribution in [2.75, 3.05) is 5.32 Å². The van der Waals surface area contributed by atoms with Gasteiger partial charge in [-0.25, -0.2) is 4.98 Å². The number of Topliss-reactive ketones (excluding diaryl/α,β-unsaturated/α-hetero) is 1. The van der Waals surface area contributed by atoms with Gasteiger partial charge < -0.3 is 19.2 Å². The van der Waals surface area contributed by atoms with Crippen LogP contribution in [0.5, 0.6) is 0 Å². The fourth-order valence-corrected chi connectivity index (χ4v) is 3.32. The van der Waals surface area contributed by atoms with Crippen LogP contribution in [0, 0.1) is 20.8 Å². The Morgan fingerprint density at radius 1 is 1.07 bits per heavy atom. The summed E-state index contributed by atoms with van der Waals surface area (Å²) in [6.45, 7) is 8.45. The molecule has 3 rings (SSSR count). The number of imidazole rings is 1. The molecule has 1 N–H and O–H groups in total. The van der Waals surface area contributed by atoms with Crippen LogP contribution in [0.1, 0.15) is 47.8 Å². The molecule has 6 nitrogen and oxygen atoms in total. The number of pyridine rings is 1. The monoisotopic (exact) mass is 393 g/mol. The van der Waals surface area contributed by atoms with E-state index in [2.05, 4.69) is 37.4 Å². The standard InChI is InChI=1S/C23H27N3O3/c1-15-7-5-8-16(2)19(15)13-24-20-9-6-12-26-18(4)21(25-23(20)26)14-29-22(28)11-10-17(3)27/h5-9,12,24H,10-11,13-14H2,1-4H3. The third-order valence-corrected chi connectivity index (χ3v) is 5.14. The number of carbonyl (C=O) groups excluding carboxylic acids is 2. The molecule has 0 radical (unpaired) electrons. The van der Waals surface area contributed by atoms with Crippen LogP contribution in [0.3, 0.4) is 0 Å². The summed E-state index contributed by atoms with van der Waals surface area (Å²) in [7, 11) is 0. The second kappa shape index (κ2) is 8.90. The SMILES string of the molecule is CC(=O)CCC(=O)OCc1nc2c(NCc3c(C)cccc3C)cccn2c1C. The lowest BCUT2D eigenvalue weighted by Crippen LogP contribution is -2.07. The van der Waals surface area contributed by atoms with E-state index in [0.29, 0.717) is 12.2 Å². The fraction of sp³-hybridized carbons (Fsp3) is 0.348. The smallest absolute Gasteiger partial charge is 0.306 e. The van der Waals surface area contributed by atoms with Gasteiger partial charge in [0.1, 0.15) is 12.4 Å². The summed E-state index contributed by atoms with van der Waals surface area (Å²) < 4.78 is 7.29. The molecule has 0 aliphatic carbocycles. The molecule has 0 bridgehead atoms. The summed E-state index contributed by atoms with van der Waals surface area (Å²) in [4.78, 5) is 27.5. The summed E-state index contributed by atoms with van der Waals surface area (Å²) >= 11 is 0. The van der Waals surface area contributed by atoms with Crippen molar-refractivity contribution in [1.29, 1.82) is 0 Å². The molecule has 2 aromatic heterocycles. The lowest BCUT2D eigenvalue weighted by atomic mass is 10.0. The average Bonchev–Trinajstić information content (AvgIpc) is 3.01. The van der Waals surface area contributed by atoms with Crippen molar-refractivity contribution in [3.8, 4) is 0 Å². The van der Waals surface area contributed by atoms with Gasteiger partial charge in [-0.3, -0.25) is 4.79 Å². The van der Waals surface area contributed by atoms with Gasteiger partial charge in [-0.2, -0.15) is 0 Å². The van der Waals surface area contributed by atoms with Crippen LogP contribution < -0.4 is 5.32 Å². The van der Waals surface area contributed by atoms with Crippen molar-refractivity contribution >= 4 is 23.1 Å². The Balaban J connectivity index is 1.76. The number of aromatic nitrogens is 2. The fourth-order valence-electron chi connectivity index (χ4n) is 3.32. The molecule has 0 saturated carbocycles. The Bertz CT molecular complexity index is 1030. The molecular formula is C23H27N3O3. The Hall–Kier alpha value is -3.15. The van der Waals surface area contributed by atoms with Crippen LogP contribution in [0.4, 0.5) is 5.69 Å². The van der Waals surface area contributed by atoms with Gasteiger partial charge in [0.15, 0.2) is 5.65 Å². The van der Waals surface area contributed by atoms with Crippen LogP contribution in [0.15, 0.2) is 36.5 Å². The van der Waals surface area contributed by atoms with E-state index in [9.17, 15) is 9.59 Å². The van der Waals surface area contributed by atoms with Crippen molar-refractivity contribution in [2.24, 2.45) is 0 Å². The molecule has 29 heavy (non-hydrogen) atoms. The van der Waals surface area contributed by atoms with E-state index in [-0.39, 0.29) is 31.2 Å². The van der Waals surface area contributed by atoms with Gasteiger partial charge in [0, 0.05) is 24.9 Å². The molecule has 0 aliphatic rings. The Morgan fingerprint density at radius 3 is 2.48 bits per heavy atom. The molecule has 2 heterocycles. The summed E-state index contributed by atoms with van der Waals surface area (Å²) in [5.74, 6) is -0.407. The summed E-state index contributed by atoms with van der Waals surface area (Å²) in [5, 5.41) is 3.50. The van der Waals surface area contributed by atoms with Crippen LogP contribution in [-0.2, 0) is 27.5 Å². The van der Waals surface area contributed by atoms with E-state index in [1.807, 2.05) is 29.7 Å². The Morgan fingerprint density at radius 2 is 1.79 bits per heavy atom. The Labute approximate surface area is 170 Å². The van der Waals surface area contributed by atoms with E-state index in [4.69, 9.17) is 9.72 Å². The maximum atomic E-state index is 11.8. The minimum absolute atomic E-state index is 0.0227. The molecule has 0 fully saturated rings. The number of aryl methyl sites for hydroxylation is 3. The van der Waals surface area contributed by atoms with Crippen molar-refractivity contribution in [2.45, 2.75) is 53.7 Å². The number of carbonyl (C=O) groups is 2. The molecular weight excluding hydrogens is 366 g/mol. The van der Waals surface area contributed by atoms with Crippen LogP contribution in [0.25, 0.3) is 5.65 Å². The maximum absolute atomic E-state index is 11.8. The number of anilines is 1. The number of fused-ring (bicyclic) bond motifs is 1. The highest BCUT2D eigenvalue weighted by Gasteiger charge is 2.14. The van der Waals surface area contributed by atoms with E-state index in [1.54, 1.807) is 0 Å². The highest BCUT2D eigenvalue weighted by molar-refractivity contribution is 5.81. The quantitative estimate of drug-likeness (QED) is 0.578. The van der Waals surface area contributed by atoms with Gasteiger partial charge >= 0.3 is 5.97 Å². The topological polar surface area (TPSA) is 72.7 Å². The lowest BCUT2D eigenvalue weighted by molar-refractivity contribution is -0.146. The molecule has 0 saturated heterocycles. The number of ketones is 1. The molecule has 3 aromatic rings. The highest BCUT2D eigenvalue weighted by atomic mass is 16.5. The summed E-state index contributed by atoms with van der Waals surface area (Å²) in [6.07, 6.45) is 2.25. The number of hydrogen-bond donors (Lipinski definition) is 1. The van der Waals surface area contributed by atoms with Gasteiger partial charge in [-0.05, 0) is 56.5 Å². The predicted octanol–water partition coefficient (Wildman–Crippen LogP) is 4.28. The first-order valence-corrected chi connectivity index (χ1v) is 9.77. The van der Waals surface area contributed by atoms with E-state index >= 15 is 0 Å². The number of esters is 1. The highest BCUT2D eigenvalue weighted by Crippen LogP contribution is 2.22. The Kier molecular flexibility index (Phi) is 6.32.